The predicted molar refractivity (Wildman–Crippen MR) is 106 cm³/mol. The average molecular weight is 368 g/mol. The van der Waals surface area contributed by atoms with Crippen LogP contribution >= 0.6 is 11.3 Å². The third-order valence-electron chi connectivity index (χ3n) is 3.56. The minimum atomic E-state index is 0.468. The normalized spacial score (nSPS) is 10.8. The van der Waals surface area contributed by atoms with Crippen molar-refractivity contribution in [1.29, 1.82) is 0 Å². The van der Waals surface area contributed by atoms with E-state index >= 15 is 0 Å². The zero-order valence-corrected chi connectivity index (χ0v) is 15.4. The maximum absolute atomic E-state index is 5.94. The number of aromatic nitrogens is 1. The molecule has 0 saturated heterocycles. The van der Waals surface area contributed by atoms with E-state index in [0.29, 0.717) is 29.1 Å². The molecule has 1 heterocycles. The highest BCUT2D eigenvalue weighted by atomic mass is 32.1. The lowest BCUT2D eigenvalue weighted by atomic mass is 10.1. The molecule has 0 aliphatic heterocycles. The number of nitrogens with zero attached hydrogens (tertiary/aromatic N) is 2. The number of hydrogen-bond donors (Lipinski definition) is 2. The van der Waals surface area contributed by atoms with Crippen LogP contribution in [0.2, 0.25) is 0 Å². The molecule has 26 heavy (non-hydrogen) atoms. The molecule has 134 valence electrons. The molecule has 0 aliphatic carbocycles. The molecule has 2 aromatic carbocycles. The average Bonchev–Trinajstić information content (AvgIpc) is 3.05. The maximum Gasteiger partial charge on any atom is 0.205 e. The topological polar surface area (TPSA) is 81.8 Å². The van der Waals surface area contributed by atoms with Crippen LogP contribution in [-0.4, -0.2) is 18.3 Å². The molecule has 3 rings (SSSR count). The highest BCUT2D eigenvalue weighted by molar-refractivity contribution is 7.14. The SMILES string of the molecule is COc1ccc(C=NNc2nc(N)cs2)cc1OCc1cccc(C)c1. The summed E-state index contributed by atoms with van der Waals surface area (Å²) in [5, 5.41) is 6.57. The van der Waals surface area contributed by atoms with Crippen molar-refractivity contribution >= 4 is 28.5 Å². The highest BCUT2D eigenvalue weighted by Gasteiger charge is 2.06. The Bertz CT molecular complexity index is 908. The summed E-state index contributed by atoms with van der Waals surface area (Å²) in [7, 11) is 1.62. The number of thiazole rings is 1. The molecule has 3 N–H and O–H groups in total. The Hall–Kier alpha value is -3.06. The van der Waals surface area contributed by atoms with Gasteiger partial charge >= 0.3 is 0 Å². The summed E-state index contributed by atoms with van der Waals surface area (Å²) in [5.74, 6) is 1.82. The summed E-state index contributed by atoms with van der Waals surface area (Å²) >= 11 is 1.40. The van der Waals surface area contributed by atoms with Crippen LogP contribution in [0.5, 0.6) is 11.5 Å². The molecule has 0 unspecified atom stereocenters. The zero-order valence-electron chi connectivity index (χ0n) is 14.6. The van der Waals surface area contributed by atoms with Crippen molar-refractivity contribution in [2.45, 2.75) is 13.5 Å². The number of benzene rings is 2. The van der Waals surface area contributed by atoms with Crippen LogP contribution in [0.15, 0.2) is 52.9 Å². The number of ether oxygens (including phenoxy) is 2. The van der Waals surface area contributed by atoms with Crippen molar-refractivity contribution < 1.29 is 9.47 Å². The largest absolute Gasteiger partial charge is 0.493 e. The zero-order chi connectivity index (χ0) is 18.4. The molecular formula is C19H20N4O2S. The first-order valence-corrected chi connectivity index (χ1v) is 8.88. The van der Waals surface area contributed by atoms with E-state index in [4.69, 9.17) is 15.2 Å². The van der Waals surface area contributed by atoms with Gasteiger partial charge in [0.05, 0.1) is 13.3 Å². The molecule has 3 aromatic rings. The van der Waals surface area contributed by atoms with Crippen LogP contribution in [0.3, 0.4) is 0 Å². The van der Waals surface area contributed by atoms with E-state index in [2.05, 4.69) is 34.6 Å². The van der Waals surface area contributed by atoms with Crippen LogP contribution in [0, 0.1) is 6.92 Å². The summed E-state index contributed by atoms with van der Waals surface area (Å²) in [4.78, 5) is 4.08. The molecule has 0 atom stereocenters. The Balaban J connectivity index is 1.69. The van der Waals surface area contributed by atoms with Crippen molar-refractivity contribution in [3.05, 3.63) is 64.5 Å². The second kappa shape index (κ2) is 8.35. The predicted octanol–water partition coefficient (Wildman–Crippen LogP) is 4.07. The van der Waals surface area contributed by atoms with Gasteiger partial charge in [-0.1, -0.05) is 29.8 Å². The van der Waals surface area contributed by atoms with Crippen molar-refractivity contribution in [2.24, 2.45) is 5.10 Å². The molecular weight excluding hydrogens is 348 g/mol. The van der Waals surface area contributed by atoms with Gasteiger partial charge in [-0.2, -0.15) is 5.10 Å². The van der Waals surface area contributed by atoms with E-state index in [9.17, 15) is 0 Å². The van der Waals surface area contributed by atoms with E-state index in [1.807, 2.05) is 30.3 Å². The summed E-state index contributed by atoms with van der Waals surface area (Å²) in [5.41, 5.74) is 11.6. The number of methoxy groups -OCH3 is 1. The molecule has 0 saturated carbocycles. The van der Waals surface area contributed by atoms with Crippen molar-refractivity contribution in [2.75, 3.05) is 18.3 Å². The van der Waals surface area contributed by atoms with Gasteiger partial charge in [0.1, 0.15) is 12.4 Å². The molecule has 0 aliphatic rings. The van der Waals surface area contributed by atoms with Gasteiger partial charge in [-0.25, -0.2) is 4.98 Å². The monoisotopic (exact) mass is 368 g/mol. The highest BCUT2D eigenvalue weighted by Crippen LogP contribution is 2.28. The summed E-state index contributed by atoms with van der Waals surface area (Å²) < 4.78 is 11.3. The van der Waals surface area contributed by atoms with E-state index in [-0.39, 0.29) is 0 Å². The smallest absolute Gasteiger partial charge is 0.205 e. The van der Waals surface area contributed by atoms with E-state index < -0.39 is 0 Å². The van der Waals surface area contributed by atoms with Gasteiger partial charge in [0, 0.05) is 5.38 Å². The fourth-order valence-corrected chi connectivity index (χ4v) is 2.90. The van der Waals surface area contributed by atoms with Crippen molar-refractivity contribution in [1.82, 2.24) is 4.98 Å². The second-order valence-electron chi connectivity index (χ2n) is 5.64. The number of anilines is 2. The minimum Gasteiger partial charge on any atom is -0.493 e. The van der Waals surface area contributed by atoms with E-state index in [1.54, 1.807) is 18.7 Å². The molecule has 7 heteroatoms. The molecule has 0 fully saturated rings. The molecule has 0 amide bonds. The number of aryl methyl sites for hydroxylation is 1. The molecule has 1 aromatic heterocycles. The lowest BCUT2D eigenvalue weighted by Crippen LogP contribution is -1.99. The van der Waals surface area contributed by atoms with Crippen molar-refractivity contribution in [3.8, 4) is 11.5 Å². The number of hydrogen-bond acceptors (Lipinski definition) is 7. The van der Waals surface area contributed by atoms with E-state index in [1.165, 1.54) is 16.9 Å². The number of nitrogens with two attached hydrogens (primary N) is 1. The Morgan fingerprint density at radius 3 is 2.85 bits per heavy atom. The first kappa shape index (κ1) is 17.8. The Morgan fingerprint density at radius 2 is 2.12 bits per heavy atom. The third-order valence-corrected chi connectivity index (χ3v) is 4.33. The molecule has 0 radical (unpaired) electrons. The minimum absolute atomic E-state index is 0.468. The second-order valence-corrected chi connectivity index (χ2v) is 6.49. The Kier molecular flexibility index (Phi) is 5.70. The third kappa shape index (κ3) is 4.73. The standard InChI is InChI=1S/C19H20N4O2S/c1-13-4-3-5-15(8-13)11-25-17-9-14(6-7-16(17)24-2)10-21-23-19-22-18(20)12-26-19/h3-10,12H,11,20H2,1-2H3,(H,22,23). The Morgan fingerprint density at radius 1 is 1.23 bits per heavy atom. The summed E-state index contributed by atoms with van der Waals surface area (Å²) in [6.07, 6.45) is 1.69. The van der Waals surface area contributed by atoms with Crippen LogP contribution < -0.4 is 20.6 Å². The van der Waals surface area contributed by atoms with Gasteiger partial charge in [0.25, 0.3) is 0 Å². The van der Waals surface area contributed by atoms with Gasteiger partial charge in [-0.3, -0.25) is 5.43 Å². The lowest BCUT2D eigenvalue weighted by Gasteiger charge is -2.11. The van der Waals surface area contributed by atoms with Gasteiger partial charge in [0.2, 0.25) is 5.13 Å². The van der Waals surface area contributed by atoms with Crippen molar-refractivity contribution in [3.63, 3.8) is 0 Å². The molecule has 0 bridgehead atoms. The Labute approximate surface area is 156 Å². The summed E-state index contributed by atoms with van der Waals surface area (Å²) in [6, 6.07) is 13.9. The van der Waals surface area contributed by atoms with Crippen LogP contribution in [0.25, 0.3) is 0 Å². The van der Waals surface area contributed by atoms with Gasteiger partial charge in [0.15, 0.2) is 11.5 Å². The first-order valence-electron chi connectivity index (χ1n) is 8.00. The fraction of sp³-hybridized carbons (Fsp3) is 0.158. The maximum atomic E-state index is 5.94. The summed E-state index contributed by atoms with van der Waals surface area (Å²) in [6.45, 7) is 2.53. The first-order chi connectivity index (χ1) is 12.6. The van der Waals surface area contributed by atoms with Gasteiger partial charge in [-0.05, 0) is 36.2 Å². The van der Waals surface area contributed by atoms with Crippen LogP contribution in [-0.2, 0) is 6.61 Å². The molecule has 6 nitrogen and oxygen atoms in total. The number of nitrogen functional groups attached to an aromatic ring is 1. The van der Waals surface area contributed by atoms with Crippen LogP contribution in [0.4, 0.5) is 10.9 Å². The van der Waals surface area contributed by atoms with E-state index in [0.717, 1.165) is 11.1 Å². The molecule has 0 spiro atoms. The number of nitrogens with one attached hydrogen (secondary N) is 1. The number of rotatable bonds is 7. The van der Waals surface area contributed by atoms with Gasteiger partial charge in [-0.15, -0.1) is 11.3 Å². The van der Waals surface area contributed by atoms with Gasteiger partial charge < -0.3 is 15.2 Å². The van der Waals surface area contributed by atoms with Crippen LogP contribution in [0.1, 0.15) is 16.7 Å². The quantitative estimate of drug-likeness (QED) is 0.485. The fourth-order valence-electron chi connectivity index (χ4n) is 2.35. The number of hydrazone groups is 1. The lowest BCUT2D eigenvalue weighted by molar-refractivity contribution is 0.284.